The van der Waals surface area contributed by atoms with Crippen LogP contribution < -0.4 is 0 Å². The number of unbranched alkanes of at least 4 members (excludes halogenated alkanes) is 3. The second kappa shape index (κ2) is 7.89. The van der Waals surface area contributed by atoms with Gasteiger partial charge in [0.25, 0.3) is 0 Å². The smallest absolute Gasteiger partial charge is 0.209 e. The molecule has 1 aromatic rings. The van der Waals surface area contributed by atoms with E-state index in [0.29, 0.717) is 13.2 Å². The minimum atomic E-state index is 0.155. The molecule has 122 valence electrons. The predicted molar refractivity (Wildman–Crippen MR) is 91.0 cm³/mol. The van der Waals surface area contributed by atoms with E-state index >= 15 is 0 Å². The zero-order valence-corrected chi connectivity index (χ0v) is 14.5. The Bertz CT molecular complexity index is 520. The first-order chi connectivity index (χ1) is 10.6. The molecule has 0 spiro atoms. The molecule has 0 saturated carbocycles. The van der Waals surface area contributed by atoms with Crippen molar-refractivity contribution >= 4 is 11.4 Å². The first kappa shape index (κ1) is 17.2. The molecule has 0 atom stereocenters. The first-order valence-electron chi connectivity index (χ1n) is 8.54. The molecular weight excluding hydrogens is 274 g/mol. The summed E-state index contributed by atoms with van der Waals surface area (Å²) in [6, 6.07) is 8.81. The Morgan fingerprint density at radius 2 is 1.73 bits per heavy atom. The van der Waals surface area contributed by atoms with Crippen LogP contribution in [0, 0.1) is 0 Å². The summed E-state index contributed by atoms with van der Waals surface area (Å²) in [5, 5.41) is 0. The summed E-state index contributed by atoms with van der Waals surface area (Å²) in [7, 11) is 0. The van der Waals surface area contributed by atoms with Crippen molar-refractivity contribution in [3.05, 3.63) is 29.8 Å². The highest BCUT2D eigenvalue weighted by Gasteiger charge is 2.42. The van der Waals surface area contributed by atoms with Crippen LogP contribution >= 0.6 is 0 Å². The lowest BCUT2D eigenvalue weighted by Gasteiger charge is -2.14. The summed E-state index contributed by atoms with van der Waals surface area (Å²) in [6.07, 6.45) is 4.73. The zero-order valence-electron chi connectivity index (χ0n) is 14.5. The van der Waals surface area contributed by atoms with Crippen LogP contribution in [0.2, 0.25) is 0 Å². The fourth-order valence-corrected chi connectivity index (χ4v) is 3.17. The molecule has 0 saturated heterocycles. The van der Waals surface area contributed by atoms with Gasteiger partial charge >= 0.3 is 0 Å². The molecule has 2 rings (SSSR count). The number of benzene rings is 1. The minimum absolute atomic E-state index is 0.155. The third-order valence-corrected chi connectivity index (χ3v) is 4.74. The minimum Gasteiger partial charge on any atom is -0.237 e. The van der Waals surface area contributed by atoms with Crippen molar-refractivity contribution in [3.63, 3.8) is 0 Å². The molecule has 0 aromatic heterocycles. The van der Waals surface area contributed by atoms with Gasteiger partial charge in [0.2, 0.25) is 5.69 Å². The van der Waals surface area contributed by atoms with Crippen LogP contribution in [0.3, 0.4) is 0 Å². The number of nitrogens with zero attached hydrogens (tertiary/aromatic N) is 1. The maximum Gasteiger partial charge on any atom is 0.209 e. The molecule has 1 heterocycles. The Balaban J connectivity index is 1.82. The molecule has 0 N–H and O–H groups in total. The molecule has 22 heavy (non-hydrogen) atoms. The van der Waals surface area contributed by atoms with Crippen molar-refractivity contribution in [1.82, 2.24) is 0 Å². The summed E-state index contributed by atoms with van der Waals surface area (Å²) < 4.78 is 2.51. The van der Waals surface area contributed by atoms with Gasteiger partial charge in [-0.05, 0) is 33.6 Å². The fourth-order valence-electron chi connectivity index (χ4n) is 3.17. The van der Waals surface area contributed by atoms with Gasteiger partial charge in [-0.1, -0.05) is 24.6 Å². The van der Waals surface area contributed by atoms with Gasteiger partial charge in [-0.2, -0.15) is 4.58 Å². The van der Waals surface area contributed by atoms with Gasteiger partial charge in [0, 0.05) is 25.0 Å². The van der Waals surface area contributed by atoms with Crippen LogP contribution in [0.15, 0.2) is 24.3 Å². The largest absolute Gasteiger partial charge is 0.237 e. The molecule has 3 nitrogen and oxygen atoms in total. The normalized spacial score (nSPS) is 16.2. The topological polar surface area (TPSA) is 21.5 Å². The van der Waals surface area contributed by atoms with Gasteiger partial charge in [-0.25, -0.2) is 9.78 Å². The third-order valence-electron chi connectivity index (χ3n) is 4.74. The molecule has 3 heteroatoms. The molecule has 0 unspecified atom stereocenters. The predicted octanol–water partition coefficient (Wildman–Crippen LogP) is 4.61. The van der Waals surface area contributed by atoms with E-state index in [-0.39, 0.29) is 5.41 Å². The van der Waals surface area contributed by atoms with Gasteiger partial charge in [-0.15, -0.1) is 0 Å². The monoisotopic (exact) mass is 304 g/mol. The van der Waals surface area contributed by atoms with E-state index in [1.165, 1.54) is 36.2 Å². The van der Waals surface area contributed by atoms with E-state index in [0.717, 1.165) is 13.0 Å². The zero-order chi connectivity index (χ0) is 16.0. The SMILES string of the molecule is CCOOCCCCCC[N+]1=C(C)C(C)(C)c2ccccc21. The van der Waals surface area contributed by atoms with Crippen LogP contribution in [0.4, 0.5) is 5.69 Å². The molecule has 0 fully saturated rings. The molecule has 0 radical (unpaired) electrons. The second-order valence-electron chi connectivity index (χ2n) is 6.52. The summed E-state index contributed by atoms with van der Waals surface area (Å²) >= 11 is 0. The van der Waals surface area contributed by atoms with E-state index in [1.807, 2.05) is 6.92 Å². The fraction of sp³-hybridized carbons (Fsp3) is 0.632. The lowest BCUT2D eigenvalue weighted by atomic mass is 9.82. The number of hydrogen-bond acceptors (Lipinski definition) is 2. The van der Waals surface area contributed by atoms with Crippen LogP contribution in [-0.2, 0) is 15.2 Å². The lowest BCUT2D eigenvalue weighted by Crippen LogP contribution is -2.26. The van der Waals surface area contributed by atoms with Crippen molar-refractivity contribution in [2.24, 2.45) is 0 Å². The Morgan fingerprint density at radius 3 is 2.50 bits per heavy atom. The van der Waals surface area contributed by atoms with Crippen molar-refractivity contribution in [3.8, 4) is 0 Å². The van der Waals surface area contributed by atoms with Gasteiger partial charge in [-0.3, -0.25) is 0 Å². The van der Waals surface area contributed by atoms with E-state index in [4.69, 9.17) is 9.78 Å². The number of rotatable bonds is 9. The summed E-state index contributed by atoms with van der Waals surface area (Å²) in [4.78, 5) is 9.92. The van der Waals surface area contributed by atoms with Gasteiger partial charge in [0.1, 0.15) is 6.54 Å². The molecule has 1 aliphatic heterocycles. The number of para-hydroxylation sites is 1. The quantitative estimate of drug-likeness (QED) is 0.287. The molecule has 0 amide bonds. The third kappa shape index (κ3) is 3.76. The van der Waals surface area contributed by atoms with Crippen molar-refractivity contribution in [1.29, 1.82) is 0 Å². The van der Waals surface area contributed by atoms with Gasteiger partial charge in [0.15, 0.2) is 5.71 Å². The van der Waals surface area contributed by atoms with Crippen LogP contribution in [0.5, 0.6) is 0 Å². The highest BCUT2D eigenvalue weighted by molar-refractivity contribution is 5.93. The first-order valence-corrected chi connectivity index (χ1v) is 8.54. The highest BCUT2D eigenvalue weighted by atomic mass is 17.2. The maximum atomic E-state index is 5.04. The van der Waals surface area contributed by atoms with E-state index in [2.05, 4.69) is 49.6 Å². The summed E-state index contributed by atoms with van der Waals surface area (Å²) in [5.41, 5.74) is 4.47. The molecule has 0 bridgehead atoms. The van der Waals surface area contributed by atoms with Gasteiger partial charge < -0.3 is 0 Å². The van der Waals surface area contributed by atoms with Crippen molar-refractivity contribution in [2.45, 2.75) is 58.8 Å². The van der Waals surface area contributed by atoms with Crippen LogP contribution in [0.1, 0.15) is 58.9 Å². The van der Waals surface area contributed by atoms with E-state index in [1.54, 1.807) is 0 Å². The van der Waals surface area contributed by atoms with Crippen LogP contribution in [-0.4, -0.2) is 30.0 Å². The Labute approximate surface area is 134 Å². The van der Waals surface area contributed by atoms with Gasteiger partial charge in [0.05, 0.1) is 18.6 Å². The molecule has 1 aliphatic rings. The summed E-state index contributed by atoms with van der Waals surface area (Å²) in [5.74, 6) is 0. The standard InChI is InChI=1S/C19H30NO2/c1-5-21-22-15-11-7-6-10-14-20-16(2)19(3,4)17-12-8-9-13-18(17)20/h8-9,12-13H,5-7,10-11,14-15H2,1-4H3/q+1. The average molecular weight is 304 g/mol. The number of fused-ring (bicyclic) bond motifs is 1. The molecule has 1 aromatic carbocycles. The highest BCUT2D eigenvalue weighted by Crippen LogP contribution is 2.39. The van der Waals surface area contributed by atoms with E-state index < -0.39 is 0 Å². The molecule has 0 aliphatic carbocycles. The Kier molecular flexibility index (Phi) is 6.16. The van der Waals surface area contributed by atoms with Crippen LogP contribution in [0.25, 0.3) is 0 Å². The Hall–Kier alpha value is -1.19. The maximum absolute atomic E-state index is 5.04. The van der Waals surface area contributed by atoms with Crippen molar-refractivity contribution < 1.29 is 14.4 Å². The molecular formula is C19H30NO2+. The summed E-state index contributed by atoms with van der Waals surface area (Å²) in [6.45, 7) is 11.3. The lowest BCUT2D eigenvalue weighted by molar-refractivity contribution is -0.439. The van der Waals surface area contributed by atoms with E-state index in [9.17, 15) is 0 Å². The van der Waals surface area contributed by atoms with Crippen molar-refractivity contribution in [2.75, 3.05) is 19.8 Å². The Morgan fingerprint density at radius 1 is 1.00 bits per heavy atom. The average Bonchev–Trinajstić information content (AvgIpc) is 2.71. The second-order valence-corrected chi connectivity index (χ2v) is 6.52. The number of hydrogen-bond donors (Lipinski definition) is 0.